The average Bonchev–Trinajstić information content (AvgIpc) is 2.76. The first-order chi connectivity index (χ1) is 9.10. The number of benzene rings is 1. The number of nitrogens with zero attached hydrogens (tertiary/aromatic N) is 3. The van der Waals surface area contributed by atoms with Crippen LogP contribution in [0.3, 0.4) is 0 Å². The maximum Gasteiger partial charge on any atom is 1.00 e. The Bertz CT molecular complexity index is 670. The van der Waals surface area contributed by atoms with E-state index >= 15 is 0 Å². The third kappa shape index (κ3) is 3.71. The molecule has 1 aromatic carbocycles. The van der Waals surface area contributed by atoms with Crippen molar-refractivity contribution in [1.29, 1.82) is 5.26 Å². The number of carbonyl (C=O) groups is 1. The average molecular weight is 267 g/mol. The summed E-state index contributed by atoms with van der Waals surface area (Å²) in [4.78, 5) is 14.6. The smallest absolute Gasteiger partial charge is 1.00 e. The Hall–Kier alpha value is -2.08. The summed E-state index contributed by atoms with van der Waals surface area (Å²) >= 11 is 0. The van der Waals surface area contributed by atoms with Gasteiger partial charge in [0.1, 0.15) is 11.9 Å². The van der Waals surface area contributed by atoms with E-state index in [0.29, 0.717) is 17.8 Å². The normalized spacial score (nSPS) is 9.60. The van der Waals surface area contributed by atoms with Crippen LogP contribution in [-0.4, -0.2) is 20.6 Å². The Morgan fingerprint density at radius 2 is 2.30 bits per heavy atom. The number of imidazole rings is 1. The van der Waals surface area contributed by atoms with Crippen LogP contribution in [0, 0.1) is 17.1 Å². The van der Waals surface area contributed by atoms with Crippen LogP contribution in [0.25, 0.3) is 0 Å². The molecule has 98 valence electrons. The van der Waals surface area contributed by atoms with E-state index in [0.717, 1.165) is 0 Å². The number of carboxylic acids is 1. The van der Waals surface area contributed by atoms with E-state index in [1.54, 1.807) is 16.7 Å². The summed E-state index contributed by atoms with van der Waals surface area (Å²) in [6, 6.07) is 6.05. The van der Waals surface area contributed by atoms with Gasteiger partial charge in [0.15, 0.2) is 0 Å². The van der Waals surface area contributed by atoms with E-state index < -0.39 is 11.8 Å². The molecule has 0 saturated heterocycles. The van der Waals surface area contributed by atoms with Crippen LogP contribution in [-0.2, 0) is 17.8 Å². The Balaban J connectivity index is 0.00000200. The van der Waals surface area contributed by atoms with E-state index in [2.05, 4.69) is 4.98 Å². The van der Waals surface area contributed by atoms with Crippen molar-refractivity contribution in [2.45, 2.75) is 13.0 Å². The van der Waals surface area contributed by atoms with Crippen molar-refractivity contribution in [3.8, 4) is 6.07 Å². The van der Waals surface area contributed by atoms with E-state index in [-0.39, 0.29) is 32.3 Å². The standard InChI is InChI=1S/C13H10FN3O2.Li.H/c14-12-3-9(1-2-10(12)5-15)7-17-8-16-6-11(17)4-13(18)19;;/h1-3,6,8H,4,7H2,(H,18,19);;/q;+1;-1. The zero-order valence-corrected chi connectivity index (χ0v) is 10.9. The quantitative estimate of drug-likeness (QED) is 0.697. The van der Waals surface area contributed by atoms with Crippen molar-refractivity contribution in [3.63, 3.8) is 0 Å². The van der Waals surface area contributed by atoms with Crippen LogP contribution in [0.15, 0.2) is 30.7 Å². The van der Waals surface area contributed by atoms with Gasteiger partial charge in [-0.2, -0.15) is 5.26 Å². The summed E-state index contributed by atoms with van der Waals surface area (Å²) in [5.41, 5.74) is 1.17. The molecule has 1 aromatic heterocycles. The summed E-state index contributed by atoms with van der Waals surface area (Å²) < 4.78 is 15.1. The molecule has 20 heavy (non-hydrogen) atoms. The van der Waals surface area contributed by atoms with Gasteiger partial charge in [0.25, 0.3) is 0 Å². The summed E-state index contributed by atoms with van der Waals surface area (Å²) in [6.07, 6.45) is 2.82. The number of aromatic nitrogens is 2. The van der Waals surface area contributed by atoms with Crippen molar-refractivity contribution in [2.24, 2.45) is 0 Å². The topological polar surface area (TPSA) is 78.9 Å². The van der Waals surface area contributed by atoms with Crippen molar-refractivity contribution >= 4 is 5.97 Å². The number of aliphatic carboxylic acids is 1. The van der Waals surface area contributed by atoms with Gasteiger partial charge in [-0.1, -0.05) is 6.07 Å². The molecule has 5 nitrogen and oxygen atoms in total. The molecule has 0 unspecified atom stereocenters. The van der Waals surface area contributed by atoms with Crippen LogP contribution in [0.4, 0.5) is 4.39 Å². The second kappa shape index (κ2) is 6.90. The summed E-state index contributed by atoms with van der Waals surface area (Å²) in [6.45, 7) is 0.311. The van der Waals surface area contributed by atoms with Gasteiger partial charge in [-0.25, -0.2) is 9.37 Å². The first-order valence-electron chi connectivity index (χ1n) is 5.49. The van der Waals surface area contributed by atoms with Crippen LogP contribution in [0.1, 0.15) is 18.2 Å². The van der Waals surface area contributed by atoms with E-state index in [1.165, 1.54) is 24.7 Å². The molecule has 0 saturated carbocycles. The summed E-state index contributed by atoms with van der Waals surface area (Å²) in [5.74, 6) is -1.53. The predicted molar refractivity (Wildman–Crippen MR) is 64.9 cm³/mol. The Morgan fingerprint density at radius 3 is 2.90 bits per heavy atom. The number of hydrogen-bond donors (Lipinski definition) is 1. The monoisotopic (exact) mass is 267 g/mol. The van der Waals surface area contributed by atoms with Crippen LogP contribution < -0.4 is 18.9 Å². The molecule has 0 aliphatic heterocycles. The van der Waals surface area contributed by atoms with Gasteiger partial charge in [0, 0.05) is 18.4 Å². The fraction of sp³-hybridized carbons (Fsp3) is 0.154. The molecule has 7 heteroatoms. The number of halogens is 1. The van der Waals surface area contributed by atoms with Crippen molar-refractivity contribution in [3.05, 3.63) is 53.4 Å². The molecule has 0 aliphatic rings. The van der Waals surface area contributed by atoms with Gasteiger partial charge in [0.05, 0.1) is 18.3 Å². The molecular formula is C13H11FLiN3O2. The minimum atomic E-state index is -0.951. The zero-order chi connectivity index (χ0) is 13.8. The Kier molecular flexibility index (Phi) is 5.51. The van der Waals surface area contributed by atoms with Crippen molar-refractivity contribution in [2.75, 3.05) is 0 Å². The van der Waals surface area contributed by atoms with Crippen molar-refractivity contribution < 1.29 is 34.6 Å². The molecule has 0 atom stereocenters. The second-order valence-electron chi connectivity index (χ2n) is 4.01. The maximum absolute atomic E-state index is 13.4. The number of carboxylic acid groups (broad SMARTS) is 1. The van der Waals surface area contributed by atoms with E-state index in [4.69, 9.17) is 10.4 Å². The van der Waals surface area contributed by atoms with Crippen LogP contribution >= 0.6 is 0 Å². The number of hydrogen-bond acceptors (Lipinski definition) is 3. The fourth-order valence-corrected chi connectivity index (χ4v) is 1.74. The molecule has 1 N–H and O–H groups in total. The second-order valence-corrected chi connectivity index (χ2v) is 4.01. The molecule has 0 amide bonds. The minimum absolute atomic E-state index is 0. The van der Waals surface area contributed by atoms with Crippen molar-refractivity contribution in [1.82, 2.24) is 9.55 Å². The molecule has 2 rings (SSSR count). The molecule has 0 radical (unpaired) electrons. The molecule has 0 bridgehead atoms. The van der Waals surface area contributed by atoms with Gasteiger partial charge >= 0.3 is 24.8 Å². The molecule has 0 fully saturated rings. The Morgan fingerprint density at radius 1 is 1.55 bits per heavy atom. The van der Waals surface area contributed by atoms with E-state index in [1.807, 2.05) is 0 Å². The maximum atomic E-state index is 13.4. The molecular weight excluding hydrogens is 256 g/mol. The number of nitriles is 1. The van der Waals surface area contributed by atoms with Gasteiger partial charge in [0.2, 0.25) is 0 Å². The van der Waals surface area contributed by atoms with Gasteiger partial charge < -0.3 is 11.1 Å². The van der Waals surface area contributed by atoms with Crippen LogP contribution in [0.2, 0.25) is 0 Å². The van der Waals surface area contributed by atoms with Gasteiger partial charge in [-0.05, 0) is 17.7 Å². The predicted octanol–water partition coefficient (Wildman–Crippen LogP) is -1.31. The third-order valence-corrected chi connectivity index (χ3v) is 2.64. The fourth-order valence-electron chi connectivity index (χ4n) is 1.74. The molecule has 1 heterocycles. The van der Waals surface area contributed by atoms with Gasteiger partial charge in [-0.3, -0.25) is 4.79 Å². The molecule has 2 aromatic rings. The van der Waals surface area contributed by atoms with E-state index in [9.17, 15) is 9.18 Å². The number of rotatable bonds is 4. The minimum Gasteiger partial charge on any atom is -1.00 e. The molecule has 0 spiro atoms. The largest absolute Gasteiger partial charge is 1.00 e. The summed E-state index contributed by atoms with van der Waals surface area (Å²) in [7, 11) is 0. The van der Waals surface area contributed by atoms with Gasteiger partial charge in [-0.15, -0.1) is 0 Å². The summed E-state index contributed by atoms with van der Waals surface area (Å²) in [5, 5.41) is 17.4. The molecule has 0 aliphatic carbocycles. The zero-order valence-electron chi connectivity index (χ0n) is 11.9. The Labute approximate surface area is 128 Å². The van der Waals surface area contributed by atoms with Crippen LogP contribution in [0.5, 0.6) is 0 Å². The first-order valence-corrected chi connectivity index (χ1v) is 5.49. The first kappa shape index (κ1) is 16.0. The SMILES string of the molecule is N#Cc1ccc(Cn2cncc2CC(=O)O)cc1F.[H-].[Li+]. The third-order valence-electron chi connectivity index (χ3n) is 2.64.